The van der Waals surface area contributed by atoms with Crippen molar-refractivity contribution in [1.29, 1.82) is 0 Å². The van der Waals surface area contributed by atoms with E-state index in [4.69, 9.17) is 28.4 Å². The van der Waals surface area contributed by atoms with Gasteiger partial charge >= 0.3 is 0 Å². The zero-order valence-corrected chi connectivity index (χ0v) is 41.3. The number of aliphatic hydroxyl groups is 11. The molecule has 0 aromatic rings. The lowest BCUT2D eigenvalue weighted by Gasteiger charge is -2.48. The molecule has 17 unspecified atom stereocenters. The van der Waals surface area contributed by atoms with Gasteiger partial charge in [0.15, 0.2) is 18.9 Å². The number of ether oxygens (including phenoxy) is 6. The van der Waals surface area contributed by atoms with Crippen LogP contribution in [-0.2, 0) is 33.2 Å². The summed E-state index contributed by atoms with van der Waals surface area (Å²) in [5.74, 6) is -0.287. The van der Waals surface area contributed by atoms with Gasteiger partial charge in [0.1, 0.15) is 73.2 Å². The molecule has 3 aliphatic heterocycles. The minimum absolute atomic E-state index is 0.238. The first-order chi connectivity index (χ1) is 33.3. The minimum atomic E-state index is -1.97. The van der Waals surface area contributed by atoms with Crippen LogP contribution in [0.3, 0.4) is 0 Å². The number of allylic oxidation sites excluding steroid dienone is 3. The lowest BCUT2D eigenvalue weighted by molar-refractivity contribution is -0.379. The standard InChI is InChI=1S/C50H91NO18/c1-3-5-7-9-11-12-13-14-15-16-17-18-19-20-22-24-26-28-38(56)51-33(34(55)27-25-23-21-10-8-6-4-2)32-64-48-44(62)41(59)46(36(30-53)66-48)69-50-45(63)42(60)47(37(31-54)67-50)68-49-43(61)40(58)39(57)35(29-52)65-49/h14-15,25,27,33-37,39-50,52-55,57-63H,3-13,16-24,26,28-32H2,1-2H3,(H,51,56)/b15-14-,27-25+. The summed E-state index contributed by atoms with van der Waals surface area (Å²) in [6.07, 6.45) is 5.00. The molecule has 3 aliphatic rings. The third kappa shape index (κ3) is 21.3. The van der Waals surface area contributed by atoms with Gasteiger partial charge in [-0.05, 0) is 44.9 Å². The first-order valence-electron chi connectivity index (χ1n) is 26.1. The fourth-order valence-electron chi connectivity index (χ4n) is 8.83. The first kappa shape index (κ1) is 61.6. The maximum Gasteiger partial charge on any atom is 0.220 e. The number of unbranched alkanes of at least 4 members (excludes halogenated alkanes) is 18. The quantitative estimate of drug-likeness (QED) is 0.0316. The second-order valence-electron chi connectivity index (χ2n) is 19.0. The molecule has 3 rings (SSSR count). The molecule has 0 aromatic heterocycles. The van der Waals surface area contributed by atoms with Crippen LogP contribution in [0.15, 0.2) is 24.3 Å². The van der Waals surface area contributed by atoms with E-state index in [1.165, 1.54) is 57.8 Å². The summed E-state index contributed by atoms with van der Waals surface area (Å²) in [6, 6.07) is -0.969. The van der Waals surface area contributed by atoms with Gasteiger partial charge in [0.25, 0.3) is 0 Å². The molecule has 0 radical (unpaired) electrons. The van der Waals surface area contributed by atoms with Gasteiger partial charge in [-0.3, -0.25) is 4.79 Å². The minimum Gasteiger partial charge on any atom is -0.394 e. The van der Waals surface area contributed by atoms with Crippen molar-refractivity contribution >= 4 is 5.91 Å². The number of amides is 1. The Balaban J connectivity index is 1.51. The number of hydrogen-bond donors (Lipinski definition) is 12. The molecule has 69 heavy (non-hydrogen) atoms. The summed E-state index contributed by atoms with van der Waals surface area (Å²) in [5.41, 5.74) is 0. The molecule has 12 N–H and O–H groups in total. The molecular formula is C50H91NO18. The molecule has 17 atom stereocenters. The van der Waals surface area contributed by atoms with Gasteiger partial charge in [0.2, 0.25) is 5.91 Å². The Morgan fingerprint density at radius 3 is 1.41 bits per heavy atom. The zero-order valence-electron chi connectivity index (χ0n) is 41.3. The highest BCUT2D eigenvalue weighted by Gasteiger charge is 2.53. The van der Waals surface area contributed by atoms with Gasteiger partial charge in [-0.2, -0.15) is 0 Å². The topological polar surface area (TPSA) is 307 Å². The van der Waals surface area contributed by atoms with Crippen LogP contribution in [-0.4, -0.2) is 193 Å². The number of carbonyl (C=O) groups is 1. The fraction of sp³-hybridized carbons (Fsp3) is 0.900. The van der Waals surface area contributed by atoms with E-state index in [1.54, 1.807) is 6.08 Å². The Hall–Kier alpha value is -1.73. The van der Waals surface area contributed by atoms with Crippen molar-refractivity contribution in [1.82, 2.24) is 5.32 Å². The van der Waals surface area contributed by atoms with E-state index in [0.717, 1.165) is 70.6 Å². The summed E-state index contributed by atoms with van der Waals surface area (Å²) >= 11 is 0. The summed E-state index contributed by atoms with van der Waals surface area (Å²) < 4.78 is 34.0. The third-order valence-corrected chi connectivity index (χ3v) is 13.2. The first-order valence-corrected chi connectivity index (χ1v) is 26.1. The predicted molar refractivity (Wildman–Crippen MR) is 254 cm³/mol. The largest absolute Gasteiger partial charge is 0.394 e. The highest BCUT2D eigenvalue weighted by molar-refractivity contribution is 5.76. The van der Waals surface area contributed by atoms with Crippen LogP contribution in [0.2, 0.25) is 0 Å². The Kier molecular flexibility index (Phi) is 31.6. The van der Waals surface area contributed by atoms with E-state index in [-0.39, 0.29) is 18.9 Å². The molecule has 3 saturated heterocycles. The molecule has 0 aliphatic carbocycles. The molecular weight excluding hydrogens is 903 g/mol. The average Bonchev–Trinajstić information content (AvgIpc) is 3.34. The number of hydrogen-bond acceptors (Lipinski definition) is 18. The summed E-state index contributed by atoms with van der Waals surface area (Å²) in [4.78, 5) is 13.2. The number of aliphatic hydroxyl groups excluding tert-OH is 11. The van der Waals surface area contributed by atoms with E-state index < -0.39 is 124 Å². The molecule has 0 bridgehead atoms. The Morgan fingerprint density at radius 1 is 0.507 bits per heavy atom. The Bertz CT molecular complexity index is 1380. The highest BCUT2D eigenvalue weighted by atomic mass is 16.8. The number of rotatable bonds is 36. The lowest BCUT2D eigenvalue weighted by atomic mass is 9.96. The van der Waals surface area contributed by atoms with Crippen LogP contribution >= 0.6 is 0 Å². The maximum atomic E-state index is 13.2. The predicted octanol–water partition coefficient (Wildman–Crippen LogP) is 2.03. The van der Waals surface area contributed by atoms with E-state index >= 15 is 0 Å². The van der Waals surface area contributed by atoms with Crippen molar-refractivity contribution in [2.24, 2.45) is 0 Å². The van der Waals surface area contributed by atoms with Gasteiger partial charge in [-0.25, -0.2) is 0 Å². The van der Waals surface area contributed by atoms with Crippen LogP contribution in [0.5, 0.6) is 0 Å². The maximum absolute atomic E-state index is 13.2. The van der Waals surface area contributed by atoms with Crippen molar-refractivity contribution in [2.75, 3.05) is 26.4 Å². The van der Waals surface area contributed by atoms with Crippen LogP contribution in [0.4, 0.5) is 0 Å². The SMILES string of the molecule is CCCCCCC/C=C/C(O)C(COC1OC(CO)C(OC2OC(CO)C(OC3OC(CO)C(O)C(O)C3O)C(O)C2O)C(O)C1O)NC(=O)CCCCCCCCC/C=C\CCCCCCCC. The van der Waals surface area contributed by atoms with Crippen LogP contribution in [0.25, 0.3) is 0 Å². The number of carbonyl (C=O) groups excluding carboxylic acids is 1. The van der Waals surface area contributed by atoms with Crippen molar-refractivity contribution in [3.8, 4) is 0 Å². The molecule has 1 amide bonds. The normalized spacial score (nSPS) is 33.0. The second kappa shape index (κ2) is 35.4. The van der Waals surface area contributed by atoms with E-state index in [1.807, 2.05) is 6.08 Å². The molecule has 3 heterocycles. The van der Waals surface area contributed by atoms with E-state index in [0.29, 0.717) is 6.42 Å². The van der Waals surface area contributed by atoms with Crippen molar-refractivity contribution < 1.29 is 89.4 Å². The van der Waals surface area contributed by atoms with Gasteiger partial charge in [-0.15, -0.1) is 0 Å². The number of nitrogens with one attached hydrogen (secondary N) is 1. The van der Waals surface area contributed by atoms with E-state index in [9.17, 15) is 61.0 Å². The molecule has 19 nitrogen and oxygen atoms in total. The fourth-order valence-corrected chi connectivity index (χ4v) is 8.83. The second-order valence-corrected chi connectivity index (χ2v) is 19.0. The highest BCUT2D eigenvalue weighted by Crippen LogP contribution is 2.33. The third-order valence-electron chi connectivity index (χ3n) is 13.2. The molecule has 404 valence electrons. The van der Waals surface area contributed by atoms with Gasteiger partial charge < -0.3 is 89.9 Å². The van der Waals surface area contributed by atoms with Crippen LogP contribution < -0.4 is 5.32 Å². The Morgan fingerprint density at radius 2 is 0.913 bits per heavy atom. The Labute approximate surface area is 409 Å². The smallest absolute Gasteiger partial charge is 0.220 e. The van der Waals surface area contributed by atoms with Gasteiger partial charge in [0, 0.05) is 6.42 Å². The van der Waals surface area contributed by atoms with Gasteiger partial charge in [0.05, 0.1) is 38.6 Å². The van der Waals surface area contributed by atoms with Crippen molar-refractivity contribution in [3.63, 3.8) is 0 Å². The van der Waals surface area contributed by atoms with Crippen molar-refractivity contribution in [2.45, 2.75) is 259 Å². The molecule has 3 fully saturated rings. The monoisotopic (exact) mass is 994 g/mol. The molecule has 19 heteroatoms. The summed E-state index contributed by atoms with van der Waals surface area (Å²) in [7, 11) is 0. The van der Waals surface area contributed by atoms with E-state index in [2.05, 4.69) is 31.3 Å². The van der Waals surface area contributed by atoms with Gasteiger partial charge in [-0.1, -0.05) is 128 Å². The zero-order chi connectivity index (χ0) is 50.6. The molecule has 0 aromatic carbocycles. The summed E-state index contributed by atoms with van der Waals surface area (Å²) in [5, 5.41) is 119. The summed E-state index contributed by atoms with van der Waals surface area (Å²) in [6.45, 7) is 1.61. The average molecular weight is 994 g/mol. The van der Waals surface area contributed by atoms with Crippen LogP contribution in [0.1, 0.15) is 155 Å². The van der Waals surface area contributed by atoms with Crippen LogP contribution in [0, 0.1) is 0 Å². The molecule has 0 saturated carbocycles. The lowest BCUT2D eigenvalue weighted by Crippen LogP contribution is -2.66. The van der Waals surface area contributed by atoms with Crippen molar-refractivity contribution in [3.05, 3.63) is 24.3 Å². The molecule has 0 spiro atoms.